The molecule has 1 saturated heterocycles. The fraction of sp³-hybridized carbons (Fsp3) is 0.706. The predicted molar refractivity (Wildman–Crippen MR) is 95.8 cm³/mol. The van der Waals surface area contributed by atoms with Crippen molar-refractivity contribution in [3.63, 3.8) is 0 Å². The van der Waals surface area contributed by atoms with Crippen LogP contribution in [0.2, 0.25) is 0 Å². The third-order valence-electron chi connectivity index (χ3n) is 4.56. The molecule has 1 aliphatic heterocycles. The van der Waals surface area contributed by atoms with Crippen molar-refractivity contribution >= 4 is 17.0 Å². The first-order valence-corrected chi connectivity index (χ1v) is 9.12. The standard InChI is InChI=1S/C17H27N5O3/c1-3-6-11(2)25-16-20-14(18)13-15(21-16)22(17(23)19-13)9-4-7-12-8-5-10-24-12/h11-12H,3-10H2,1-2H3,(H,19,23)(H2,18,20,21)/t11-,12?/m0/s1. The van der Waals surface area contributed by atoms with E-state index in [9.17, 15) is 4.79 Å². The topological polar surface area (TPSA) is 108 Å². The highest BCUT2D eigenvalue weighted by Gasteiger charge is 2.18. The monoisotopic (exact) mass is 349 g/mol. The number of nitrogen functional groups attached to an aromatic ring is 1. The molecule has 0 radical (unpaired) electrons. The van der Waals surface area contributed by atoms with Crippen LogP contribution in [0.5, 0.6) is 6.01 Å². The van der Waals surface area contributed by atoms with Crippen LogP contribution in [0.4, 0.5) is 5.82 Å². The molecule has 1 fully saturated rings. The number of aromatic amines is 1. The molecule has 1 unspecified atom stereocenters. The highest BCUT2D eigenvalue weighted by molar-refractivity contribution is 5.81. The van der Waals surface area contributed by atoms with E-state index >= 15 is 0 Å². The minimum absolute atomic E-state index is 0.000444. The Balaban J connectivity index is 1.78. The Kier molecular flexibility index (Phi) is 5.57. The van der Waals surface area contributed by atoms with Gasteiger partial charge in [-0.3, -0.25) is 4.57 Å². The molecule has 25 heavy (non-hydrogen) atoms. The lowest BCUT2D eigenvalue weighted by atomic mass is 10.1. The third-order valence-corrected chi connectivity index (χ3v) is 4.56. The molecule has 3 rings (SSSR count). The first-order valence-electron chi connectivity index (χ1n) is 9.12. The molecule has 3 heterocycles. The largest absolute Gasteiger partial charge is 0.460 e. The summed E-state index contributed by atoms with van der Waals surface area (Å²) in [7, 11) is 0. The van der Waals surface area contributed by atoms with Gasteiger partial charge in [0.2, 0.25) is 0 Å². The van der Waals surface area contributed by atoms with Crippen LogP contribution < -0.4 is 16.2 Å². The second-order valence-electron chi connectivity index (χ2n) is 6.67. The van der Waals surface area contributed by atoms with Crippen LogP contribution in [0.3, 0.4) is 0 Å². The van der Waals surface area contributed by atoms with E-state index in [0.29, 0.717) is 23.8 Å². The van der Waals surface area contributed by atoms with Crippen molar-refractivity contribution < 1.29 is 9.47 Å². The van der Waals surface area contributed by atoms with E-state index in [1.54, 1.807) is 4.57 Å². The molecule has 8 heteroatoms. The number of nitrogens with one attached hydrogen (secondary N) is 1. The first kappa shape index (κ1) is 17.7. The van der Waals surface area contributed by atoms with Gasteiger partial charge in [0.1, 0.15) is 5.52 Å². The predicted octanol–water partition coefficient (Wildman–Crippen LogP) is 2.23. The van der Waals surface area contributed by atoms with Gasteiger partial charge in [-0.1, -0.05) is 13.3 Å². The zero-order chi connectivity index (χ0) is 17.8. The minimum atomic E-state index is -0.220. The average Bonchev–Trinajstić information content (AvgIpc) is 3.17. The third kappa shape index (κ3) is 4.12. The zero-order valence-corrected chi connectivity index (χ0v) is 15.0. The van der Waals surface area contributed by atoms with E-state index in [1.807, 2.05) is 6.92 Å². The van der Waals surface area contributed by atoms with E-state index < -0.39 is 0 Å². The Labute approximate surface area is 146 Å². The van der Waals surface area contributed by atoms with Crippen LogP contribution in [0.15, 0.2) is 4.79 Å². The number of H-pyrrole nitrogens is 1. The molecule has 0 bridgehead atoms. The molecule has 2 atom stereocenters. The van der Waals surface area contributed by atoms with Crippen molar-refractivity contribution in [1.29, 1.82) is 0 Å². The second kappa shape index (κ2) is 7.86. The molecule has 3 N–H and O–H groups in total. The molecule has 0 aromatic carbocycles. The summed E-state index contributed by atoms with van der Waals surface area (Å²) in [5, 5.41) is 0. The first-order chi connectivity index (χ1) is 12.1. The molecule has 0 aliphatic carbocycles. The Morgan fingerprint density at radius 2 is 2.32 bits per heavy atom. The summed E-state index contributed by atoms with van der Waals surface area (Å²) in [4.78, 5) is 23.6. The van der Waals surface area contributed by atoms with Crippen LogP contribution in [-0.4, -0.2) is 38.3 Å². The van der Waals surface area contributed by atoms with Crippen molar-refractivity contribution in [3.05, 3.63) is 10.5 Å². The molecule has 1 aliphatic rings. The van der Waals surface area contributed by atoms with Crippen LogP contribution in [-0.2, 0) is 11.3 Å². The van der Waals surface area contributed by atoms with Gasteiger partial charge in [0.25, 0.3) is 0 Å². The SMILES string of the molecule is CCC[C@H](C)Oc1nc(N)c2[nH]c(=O)n(CCCC3CCCO3)c2n1. The summed E-state index contributed by atoms with van der Waals surface area (Å²) in [6, 6.07) is 0.220. The van der Waals surface area contributed by atoms with Gasteiger partial charge in [-0.05, 0) is 39.0 Å². The smallest absolute Gasteiger partial charge is 0.327 e. The lowest BCUT2D eigenvalue weighted by Gasteiger charge is -2.12. The summed E-state index contributed by atoms with van der Waals surface area (Å²) in [6.07, 6.45) is 6.25. The van der Waals surface area contributed by atoms with E-state index in [2.05, 4.69) is 21.9 Å². The number of ether oxygens (including phenoxy) is 2. The van der Waals surface area contributed by atoms with Gasteiger partial charge in [-0.2, -0.15) is 9.97 Å². The lowest BCUT2D eigenvalue weighted by molar-refractivity contribution is 0.101. The van der Waals surface area contributed by atoms with Crippen LogP contribution >= 0.6 is 0 Å². The van der Waals surface area contributed by atoms with Crippen molar-refractivity contribution in [2.75, 3.05) is 12.3 Å². The number of imidazole rings is 1. The van der Waals surface area contributed by atoms with E-state index in [1.165, 1.54) is 0 Å². The van der Waals surface area contributed by atoms with E-state index in [4.69, 9.17) is 15.2 Å². The van der Waals surface area contributed by atoms with Crippen LogP contribution in [0.1, 0.15) is 52.4 Å². The summed E-state index contributed by atoms with van der Waals surface area (Å²) >= 11 is 0. The normalized spacial score (nSPS) is 18.7. The van der Waals surface area contributed by atoms with Gasteiger partial charge in [0.15, 0.2) is 11.5 Å². The Hall–Kier alpha value is -2.09. The number of aromatic nitrogens is 4. The number of fused-ring (bicyclic) bond motifs is 1. The number of nitrogens with zero attached hydrogens (tertiary/aromatic N) is 3. The van der Waals surface area contributed by atoms with Crippen molar-refractivity contribution in [1.82, 2.24) is 19.5 Å². The van der Waals surface area contributed by atoms with Gasteiger partial charge in [0, 0.05) is 13.2 Å². The number of anilines is 1. The van der Waals surface area contributed by atoms with Crippen LogP contribution in [0.25, 0.3) is 11.2 Å². The van der Waals surface area contributed by atoms with Crippen molar-refractivity contribution in [3.8, 4) is 6.01 Å². The molecule has 0 saturated carbocycles. The maximum atomic E-state index is 12.3. The van der Waals surface area contributed by atoms with Gasteiger partial charge < -0.3 is 20.2 Å². The van der Waals surface area contributed by atoms with Crippen molar-refractivity contribution in [2.24, 2.45) is 0 Å². The summed E-state index contributed by atoms with van der Waals surface area (Å²) in [6.45, 7) is 5.48. The molecule has 0 spiro atoms. The van der Waals surface area contributed by atoms with E-state index in [0.717, 1.165) is 45.1 Å². The number of rotatable bonds is 8. The van der Waals surface area contributed by atoms with E-state index in [-0.39, 0.29) is 23.6 Å². The maximum absolute atomic E-state index is 12.3. The maximum Gasteiger partial charge on any atom is 0.327 e. The number of hydrogen-bond donors (Lipinski definition) is 2. The summed E-state index contributed by atoms with van der Waals surface area (Å²) in [5.74, 6) is 0.235. The number of nitrogens with two attached hydrogens (primary N) is 1. The van der Waals surface area contributed by atoms with Gasteiger partial charge in [-0.25, -0.2) is 4.79 Å². The minimum Gasteiger partial charge on any atom is -0.460 e. The molecule has 2 aromatic heterocycles. The highest BCUT2D eigenvalue weighted by Crippen LogP contribution is 2.21. The molecule has 138 valence electrons. The Bertz CT molecular complexity index is 763. The van der Waals surface area contributed by atoms with Gasteiger partial charge in [0.05, 0.1) is 12.2 Å². The van der Waals surface area contributed by atoms with Crippen LogP contribution in [0, 0.1) is 0 Å². The highest BCUT2D eigenvalue weighted by atomic mass is 16.5. The number of hydrogen-bond acceptors (Lipinski definition) is 6. The lowest BCUT2D eigenvalue weighted by Crippen LogP contribution is -2.18. The summed E-state index contributed by atoms with van der Waals surface area (Å²) in [5.41, 5.74) is 6.74. The molecule has 0 amide bonds. The average molecular weight is 349 g/mol. The Morgan fingerprint density at radius 1 is 1.48 bits per heavy atom. The number of aryl methyl sites for hydroxylation is 1. The molecular formula is C17H27N5O3. The molecule has 2 aromatic rings. The zero-order valence-electron chi connectivity index (χ0n) is 15.0. The fourth-order valence-electron chi connectivity index (χ4n) is 3.29. The quantitative estimate of drug-likeness (QED) is 0.756. The van der Waals surface area contributed by atoms with Gasteiger partial charge in [-0.15, -0.1) is 0 Å². The van der Waals surface area contributed by atoms with Crippen molar-refractivity contribution in [2.45, 2.75) is 71.1 Å². The molecule has 8 nitrogen and oxygen atoms in total. The molecular weight excluding hydrogens is 322 g/mol. The second-order valence-corrected chi connectivity index (χ2v) is 6.67. The summed E-state index contributed by atoms with van der Waals surface area (Å²) < 4.78 is 13.0. The van der Waals surface area contributed by atoms with Gasteiger partial charge >= 0.3 is 11.7 Å². The Morgan fingerprint density at radius 3 is 3.04 bits per heavy atom. The fourth-order valence-corrected chi connectivity index (χ4v) is 3.29.